The average Bonchev–Trinajstić information content (AvgIpc) is 3.42. The molecule has 0 spiro atoms. The van der Waals surface area contributed by atoms with E-state index in [1.54, 1.807) is 39.9 Å². The summed E-state index contributed by atoms with van der Waals surface area (Å²) >= 11 is 1.76. The summed E-state index contributed by atoms with van der Waals surface area (Å²) in [4.78, 5) is 22.6. The van der Waals surface area contributed by atoms with Gasteiger partial charge in [-0.2, -0.15) is 4.31 Å². The largest absolute Gasteiger partial charge is 0.351 e. The Balaban J connectivity index is 1.09. The maximum atomic E-state index is 13.2. The number of sulfonamides is 1. The van der Waals surface area contributed by atoms with Gasteiger partial charge in [0.25, 0.3) is 5.91 Å². The highest BCUT2D eigenvalue weighted by Crippen LogP contribution is 2.31. The molecule has 1 unspecified atom stereocenters. The van der Waals surface area contributed by atoms with Gasteiger partial charge in [0.15, 0.2) is 5.13 Å². The first kappa shape index (κ1) is 28.0. The number of benzene rings is 2. The Morgan fingerprint density at radius 1 is 1.03 bits per heavy atom. The smallest absolute Gasteiger partial charge is 0.251 e. The SMILES string of the molecule is CCc1cccc2sc(N3CCN(CCNC(=O)c4ccc(S(=O)(=O)N5CCCCC5CC)cc4)CC3)nc12. The molecule has 39 heavy (non-hydrogen) atoms. The molecule has 1 N–H and O–H groups in total. The number of hydrogen-bond acceptors (Lipinski definition) is 7. The Kier molecular flexibility index (Phi) is 8.86. The van der Waals surface area contributed by atoms with Gasteiger partial charge in [0.05, 0.1) is 15.1 Å². The minimum Gasteiger partial charge on any atom is -0.351 e. The highest BCUT2D eigenvalue weighted by atomic mass is 32.2. The van der Waals surface area contributed by atoms with Gasteiger partial charge in [0.2, 0.25) is 10.0 Å². The summed E-state index contributed by atoms with van der Waals surface area (Å²) in [5.41, 5.74) is 2.91. The molecule has 2 aliphatic heterocycles. The van der Waals surface area contributed by atoms with Crippen molar-refractivity contribution in [3.8, 4) is 0 Å². The fraction of sp³-hybridized carbons (Fsp3) is 0.517. The number of hydrogen-bond donors (Lipinski definition) is 1. The number of thiazole rings is 1. The number of carbonyl (C=O) groups is 1. The molecule has 2 aliphatic rings. The van der Waals surface area contributed by atoms with Crippen molar-refractivity contribution in [3.05, 3.63) is 53.6 Å². The lowest BCUT2D eigenvalue weighted by Gasteiger charge is -2.34. The molecule has 0 saturated carbocycles. The third-order valence-electron chi connectivity index (χ3n) is 8.00. The molecule has 0 radical (unpaired) electrons. The Hall–Kier alpha value is -2.53. The summed E-state index contributed by atoms with van der Waals surface area (Å²) in [7, 11) is -3.55. The molecule has 10 heteroatoms. The number of nitrogens with one attached hydrogen (secondary N) is 1. The zero-order valence-corrected chi connectivity index (χ0v) is 24.6. The zero-order chi connectivity index (χ0) is 27.4. The van der Waals surface area contributed by atoms with Gasteiger partial charge < -0.3 is 10.2 Å². The molecule has 2 aromatic carbocycles. The van der Waals surface area contributed by atoms with Crippen LogP contribution in [0.25, 0.3) is 10.2 Å². The van der Waals surface area contributed by atoms with Crippen LogP contribution in [0.15, 0.2) is 47.4 Å². The van der Waals surface area contributed by atoms with Crippen LogP contribution in [-0.4, -0.2) is 80.4 Å². The summed E-state index contributed by atoms with van der Waals surface area (Å²) in [6, 6.07) is 12.9. The zero-order valence-electron chi connectivity index (χ0n) is 22.9. The quantitative estimate of drug-likeness (QED) is 0.412. The van der Waals surface area contributed by atoms with Crippen molar-refractivity contribution < 1.29 is 13.2 Å². The van der Waals surface area contributed by atoms with Crippen molar-refractivity contribution in [1.82, 2.24) is 19.5 Å². The molecule has 2 fully saturated rings. The number of aryl methyl sites for hydroxylation is 1. The van der Waals surface area contributed by atoms with Crippen LogP contribution < -0.4 is 10.2 Å². The van der Waals surface area contributed by atoms with Crippen LogP contribution in [0.2, 0.25) is 0 Å². The predicted octanol–water partition coefficient (Wildman–Crippen LogP) is 4.36. The lowest BCUT2D eigenvalue weighted by atomic mass is 10.0. The van der Waals surface area contributed by atoms with Crippen molar-refractivity contribution >= 4 is 42.6 Å². The minimum atomic E-state index is -3.55. The number of carbonyl (C=O) groups excluding carboxylic acids is 1. The molecule has 1 atom stereocenters. The molecule has 1 amide bonds. The summed E-state index contributed by atoms with van der Waals surface area (Å²) in [6.45, 7) is 9.78. The minimum absolute atomic E-state index is 0.0590. The fourth-order valence-corrected chi connectivity index (χ4v) is 8.45. The van der Waals surface area contributed by atoms with E-state index < -0.39 is 10.0 Å². The fourth-order valence-electron chi connectivity index (χ4n) is 5.62. The lowest BCUT2D eigenvalue weighted by molar-refractivity contribution is 0.0947. The third kappa shape index (κ3) is 6.14. The van der Waals surface area contributed by atoms with E-state index in [0.717, 1.165) is 75.5 Å². The highest BCUT2D eigenvalue weighted by Gasteiger charge is 2.32. The highest BCUT2D eigenvalue weighted by molar-refractivity contribution is 7.89. The van der Waals surface area contributed by atoms with Crippen molar-refractivity contribution in [1.29, 1.82) is 0 Å². The van der Waals surface area contributed by atoms with Gasteiger partial charge in [-0.25, -0.2) is 13.4 Å². The lowest BCUT2D eigenvalue weighted by Crippen LogP contribution is -2.48. The number of rotatable bonds is 9. The van der Waals surface area contributed by atoms with E-state index in [2.05, 4.69) is 40.2 Å². The number of anilines is 1. The molecule has 2 saturated heterocycles. The number of piperidine rings is 1. The van der Waals surface area contributed by atoms with Gasteiger partial charge in [-0.15, -0.1) is 0 Å². The van der Waals surface area contributed by atoms with Crippen LogP contribution in [-0.2, 0) is 16.4 Å². The standard InChI is InChI=1S/C29H39N5O3S2/c1-3-22-8-7-10-26-27(22)31-29(38-26)33-20-18-32(19-21-33)17-15-30-28(35)23-11-13-25(14-12-23)39(36,37)34-16-6-5-9-24(34)4-2/h7-8,10-14,24H,3-6,9,15-21H2,1-2H3,(H,30,35). The molecule has 3 heterocycles. The Labute approximate surface area is 236 Å². The summed E-state index contributed by atoms with van der Waals surface area (Å²) < 4.78 is 29.3. The van der Waals surface area contributed by atoms with Crippen LogP contribution in [0, 0.1) is 0 Å². The van der Waals surface area contributed by atoms with Crippen LogP contribution in [0.5, 0.6) is 0 Å². The molecule has 1 aromatic heterocycles. The maximum absolute atomic E-state index is 13.2. The molecule has 8 nitrogen and oxygen atoms in total. The van der Waals surface area contributed by atoms with E-state index in [0.29, 0.717) is 18.7 Å². The summed E-state index contributed by atoms with van der Waals surface area (Å²) in [5, 5.41) is 4.09. The van der Waals surface area contributed by atoms with E-state index in [-0.39, 0.29) is 16.8 Å². The van der Waals surface area contributed by atoms with Gasteiger partial charge in [0.1, 0.15) is 0 Å². The second-order valence-corrected chi connectivity index (χ2v) is 13.3. The summed E-state index contributed by atoms with van der Waals surface area (Å²) in [6.07, 6.45) is 4.68. The van der Waals surface area contributed by atoms with Gasteiger partial charge in [-0.1, -0.05) is 43.7 Å². The van der Waals surface area contributed by atoms with Crippen molar-refractivity contribution in [2.24, 2.45) is 0 Å². The number of fused-ring (bicyclic) bond motifs is 1. The normalized spacial score (nSPS) is 19.4. The van der Waals surface area contributed by atoms with E-state index in [1.807, 2.05) is 6.92 Å². The second-order valence-electron chi connectivity index (χ2n) is 10.4. The van der Waals surface area contributed by atoms with Crippen molar-refractivity contribution in [2.45, 2.75) is 56.9 Å². The van der Waals surface area contributed by atoms with E-state index in [4.69, 9.17) is 4.98 Å². The van der Waals surface area contributed by atoms with Crippen LogP contribution in [0.4, 0.5) is 5.13 Å². The van der Waals surface area contributed by atoms with Gasteiger partial charge in [-0.3, -0.25) is 9.69 Å². The monoisotopic (exact) mass is 569 g/mol. The Morgan fingerprint density at radius 2 is 1.79 bits per heavy atom. The van der Waals surface area contributed by atoms with Crippen LogP contribution in [0.3, 0.4) is 0 Å². The number of nitrogens with zero attached hydrogens (tertiary/aromatic N) is 4. The Morgan fingerprint density at radius 3 is 2.51 bits per heavy atom. The first-order valence-electron chi connectivity index (χ1n) is 14.2. The van der Waals surface area contributed by atoms with Gasteiger partial charge in [0, 0.05) is 57.4 Å². The van der Waals surface area contributed by atoms with Crippen LogP contribution in [0.1, 0.15) is 55.5 Å². The number of para-hydroxylation sites is 1. The molecule has 5 rings (SSSR count). The molecule has 0 aliphatic carbocycles. The molecule has 210 valence electrons. The first-order valence-corrected chi connectivity index (χ1v) is 16.4. The van der Waals surface area contributed by atoms with Gasteiger partial charge >= 0.3 is 0 Å². The average molecular weight is 570 g/mol. The molecule has 0 bridgehead atoms. The summed E-state index contributed by atoms with van der Waals surface area (Å²) in [5.74, 6) is -0.178. The number of amides is 1. The van der Waals surface area contributed by atoms with E-state index in [9.17, 15) is 13.2 Å². The van der Waals surface area contributed by atoms with Crippen molar-refractivity contribution in [3.63, 3.8) is 0 Å². The molecular weight excluding hydrogens is 530 g/mol. The van der Waals surface area contributed by atoms with E-state index in [1.165, 1.54) is 10.3 Å². The maximum Gasteiger partial charge on any atom is 0.251 e. The topological polar surface area (TPSA) is 85.8 Å². The second kappa shape index (κ2) is 12.3. The Bertz CT molecular complexity index is 1380. The number of aromatic nitrogens is 1. The first-order chi connectivity index (χ1) is 18.9. The van der Waals surface area contributed by atoms with Gasteiger partial charge in [-0.05, 0) is 61.6 Å². The predicted molar refractivity (Wildman–Crippen MR) is 158 cm³/mol. The third-order valence-corrected chi connectivity index (χ3v) is 11.0. The van der Waals surface area contributed by atoms with Crippen molar-refractivity contribution in [2.75, 3.05) is 50.7 Å². The van der Waals surface area contributed by atoms with Crippen LogP contribution >= 0.6 is 11.3 Å². The number of piperazine rings is 1. The van der Waals surface area contributed by atoms with E-state index >= 15 is 0 Å². The molecular formula is C29H39N5O3S2. The molecule has 3 aromatic rings.